The quantitative estimate of drug-likeness (QED) is 0.377. The Morgan fingerprint density at radius 2 is 1.86 bits per heavy atom. The van der Waals surface area contributed by atoms with Crippen molar-refractivity contribution in [1.29, 1.82) is 0 Å². The van der Waals surface area contributed by atoms with Crippen LogP contribution in [0, 0.1) is 11.3 Å². The Bertz CT molecular complexity index is 1520. The Balaban J connectivity index is 1.36. The van der Waals surface area contributed by atoms with E-state index in [0.29, 0.717) is 25.9 Å². The molecule has 3 heterocycles. The van der Waals surface area contributed by atoms with Crippen LogP contribution in [0.2, 0.25) is 0 Å². The third-order valence-electron chi connectivity index (χ3n) is 9.94. The highest BCUT2D eigenvalue weighted by atomic mass is 32.2. The summed E-state index contributed by atoms with van der Waals surface area (Å²) in [4.78, 5) is 60.6. The van der Waals surface area contributed by atoms with Crippen molar-refractivity contribution in [3.63, 3.8) is 0 Å². The van der Waals surface area contributed by atoms with Gasteiger partial charge in [-0.25, -0.2) is 13.2 Å². The third-order valence-corrected chi connectivity index (χ3v) is 11.8. The van der Waals surface area contributed by atoms with Gasteiger partial charge in [-0.05, 0) is 68.4 Å². The van der Waals surface area contributed by atoms with Gasteiger partial charge in [-0.1, -0.05) is 45.8 Å². The number of nitrogens with one attached hydrogen (secondary N) is 3. The van der Waals surface area contributed by atoms with Gasteiger partial charge in [-0.3, -0.25) is 24.1 Å². The molecule has 1 aromatic rings. The Hall–Kier alpha value is -3.52. The minimum absolute atomic E-state index is 0.0957. The van der Waals surface area contributed by atoms with Crippen LogP contribution in [-0.4, -0.2) is 90.9 Å². The summed E-state index contributed by atoms with van der Waals surface area (Å²) in [6.07, 6.45) is 9.31. The highest BCUT2D eigenvalue weighted by Crippen LogP contribution is 2.45. The average molecular weight is 702 g/mol. The molecule has 5 atom stereocenters. The fraction of sp³-hybridized carbons (Fsp3) is 0.686. The molecule has 1 saturated heterocycles. The van der Waals surface area contributed by atoms with Gasteiger partial charge in [0, 0.05) is 37.4 Å². The fourth-order valence-electron chi connectivity index (χ4n) is 6.75. The first-order valence-electron chi connectivity index (χ1n) is 17.5. The van der Waals surface area contributed by atoms with Crippen LogP contribution in [0.3, 0.4) is 0 Å². The predicted molar refractivity (Wildman–Crippen MR) is 182 cm³/mol. The molecule has 0 aromatic carbocycles. The van der Waals surface area contributed by atoms with E-state index in [9.17, 15) is 27.6 Å². The molecule has 2 saturated carbocycles. The van der Waals surface area contributed by atoms with Gasteiger partial charge < -0.3 is 25.0 Å². The SMILES string of the molecule is C=C[C@@H]1C[C@]1(NC(=O)[C@@H]1C[C@@H]2CN1C(=O)[C@H](C(C)(C)C)NC(=O)OCCCCCCc1ncccc1CCCO2)C(=O)NS(=O)(=O)C1CC1. The van der Waals surface area contributed by atoms with Gasteiger partial charge >= 0.3 is 6.09 Å². The maximum atomic E-state index is 14.3. The summed E-state index contributed by atoms with van der Waals surface area (Å²) < 4.78 is 39.1. The molecule has 2 aliphatic carbocycles. The van der Waals surface area contributed by atoms with Crippen molar-refractivity contribution in [2.45, 2.75) is 120 Å². The first-order chi connectivity index (χ1) is 23.2. The lowest BCUT2D eigenvalue weighted by Crippen LogP contribution is -2.60. The van der Waals surface area contributed by atoms with Gasteiger partial charge in [0.15, 0.2) is 0 Å². The molecule has 3 N–H and O–H groups in total. The van der Waals surface area contributed by atoms with E-state index in [4.69, 9.17) is 9.47 Å². The van der Waals surface area contributed by atoms with Crippen LogP contribution < -0.4 is 15.4 Å². The van der Waals surface area contributed by atoms with Crippen molar-refractivity contribution in [2.75, 3.05) is 19.8 Å². The third kappa shape index (κ3) is 8.99. The van der Waals surface area contributed by atoms with Crippen molar-refractivity contribution in [3.8, 4) is 0 Å². The first-order valence-corrected chi connectivity index (χ1v) is 19.1. The van der Waals surface area contributed by atoms with Crippen LogP contribution in [0.1, 0.15) is 89.8 Å². The normalized spacial score (nSPS) is 29.1. The number of alkyl carbamates (subject to hydrolysis) is 1. The largest absolute Gasteiger partial charge is 0.450 e. The summed E-state index contributed by atoms with van der Waals surface area (Å²) in [7, 11) is -3.86. The average Bonchev–Trinajstić information content (AvgIpc) is 3.97. The topological polar surface area (TPSA) is 173 Å². The van der Waals surface area contributed by atoms with E-state index in [1.807, 2.05) is 26.8 Å². The number of fused-ring (bicyclic) bond motifs is 3. The van der Waals surface area contributed by atoms with E-state index in [1.54, 1.807) is 6.20 Å². The zero-order valence-corrected chi connectivity index (χ0v) is 29.7. The number of carbonyl (C=O) groups excluding carboxylic acids is 4. The maximum Gasteiger partial charge on any atom is 0.407 e. The van der Waals surface area contributed by atoms with Gasteiger partial charge in [0.25, 0.3) is 5.91 Å². The van der Waals surface area contributed by atoms with Gasteiger partial charge in [0.1, 0.15) is 17.6 Å². The van der Waals surface area contributed by atoms with Gasteiger partial charge in [0.05, 0.1) is 18.0 Å². The minimum atomic E-state index is -3.86. The van der Waals surface area contributed by atoms with Crippen LogP contribution in [0.25, 0.3) is 0 Å². The van der Waals surface area contributed by atoms with Gasteiger partial charge in [0.2, 0.25) is 21.8 Å². The second-order valence-corrected chi connectivity index (χ2v) is 16.8. The minimum Gasteiger partial charge on any atom is -0.450 e. The lowest BCUT2D eigenvalue weighted by atomic mass is 9.85. The van der Waals surface area contributed by atoms with E-state index in [2.05, 4.69) is 33.0 Å². The second-order valence-electron chi connectivity index (χ2n) is 14.9. The Labute approximate surface area is 289 Å². The molecule has 0 unspecified atom stereocenters. The van der Waals surface area contributed by atoms with E-state index in [-0.39, 0.29) is 26.0 Å². The molecule has 4 amide bonds. The summed E-state index contributed by atoms with van der Waals surface area (Å²) in [6.45, 7) is 9.92. The number of amides is 4. The summed E-state index contributed by atoms with van der Waals surface area (Å²) >= 11 is 0. The molecule has 49 heavy (non-hydrogen) atoms. The molecular weight excluding hydrogens is 650 g/mol. The van der Waals surface area contributed by atoms with Crippen LogP contribution in [-0.2, 0) is 46.7 Å². The summed E-state index contributed by atoms with van der Waals surface area (Å²) in [5.74, 6) is -2.36. The van der Waals surface area contributed by atoms with Crippen LogP contribution in [0.4, 0.5) is 4.79 Å². The van der Waals surface area contributed by atoms with Crippen LogP contribution in [0.5, 0.6) is 0 Å². The number of aryl methyl sites for hydroxylation is 2. The van der Waals surface area contributed by atoms with Crippen LogP contribution >= 0.6 is 0 Å². The summed E-state index contributed by atoms with van der Waals surface area (Å²) in [5.41, 5.74) is 0.000789. The monoisotopic (exact) mass is 701 g/mol. The molecular formula is C35H51N5O8S. The molecule has 5 rings (SSSR count). The van der Waals surface area contributed by atoms with Gasteiger partial charge in [-0.2, -0.15) is 0 Å². The molecule has 2 bridgehead atoms. The predicted octanol–water partition coefficient (Wildman–Crippen LogP) is 2.93. The highest BCUT2D eigenvalue weighted by Gasteiger charge is 2.62. The number of nitrogens with zero attached hydrogens (tertiary/aromatic N) is 2. The standard InChI is InChI=1S/C35H51N5O8S/c1-5-24-21-35(24,32(43)39-49(45,46)26-15-16-26)38-30(41)28-20-25-22-40(28)31(42)29(34(2,3)4)37-33(44)48-18-9-7-6-8-14-27-23(12-10-17-36-27)13-11-19-47-25/h5,10,12,17,24-26,28-29H,1,6-9,11,13-16,18-22H2,2-4H3,(H,37,44)(H,38,41)(H,39,43)/t24-,25-,28+,29-,35-/m1/s1. The summed E-state index contributed by atoms with van der Waals surface area (Å²) in [5, 5.41) is 4.93. The Morgan fingerprint density at radius 1 is 1.10 bits per heavy atom. The lowest BCUT2D eigenvalue weighted by Gasteiger charge is -2.35. The van der Waals surface area contributed by atoms with Gasteiger partial charge in [-0.15, -0.1) is 6.58 Å². The number of aromatic nitrogens is 1. The number of rotatable bonds is 6. The van der Waals surface area contributed by atoms with E-state index in [1.165, 1.54) is 16.5 Å². The molecule has 2 aliphatic heterocycles. The molecule has 1 aromatic heterocycles. The van der Waals surface area contributed by atoms with E-state index >= 15 is 0 Å². The number of carbonyl (C=O) groups is 4. The van der Waals surface area contributed by atoms with E-state index < -0.39 is 74.1 Å². The molecule has 270 valence electrons. The molecule has 0 radical (unpaired) electrons. The number of ether oxygens (including phenoxy) is 2. The highest BCUT2D eigenvalue weighted by molar-refractivity contribution is 7.91. The molecule has 13 nitrogen and oxygen atoms in total. The number of pyridine rings is 1. The Morgan fingerprint density at radius 3 is 2.55 bits per heavy atom. The van der Waals surface area contributed by atoms with E-state index in [0.717, 1.165) is 44.2 Å². The number of hydrogen-bond donors (Lipinski definition) is 3. The van der Waals surface area contributed by atoms with Crippen molar-refractivity contribution in [2.24, 2.45) is 11.3 Å². The van der Waals surface area contributed by atoms with Crippen LogP contribution in [0.15, 0.2) is 31.0 Å². The van der Waals surface area contributed by atoms with Crippen molar-refractivity contribution in [3.05, 3.63) is 42.2 Å². The second kappa shape index (κ2) is 15.2. The molecule has 3 fully saturated rings. The molecule has 4 aliphatic rings. The zero-order chi connectivity index (χ0) is 35.4. The smallest absolute Gasteiger partial charge is 0.407 e. The summed E-state index contributed by atoms with van der Waals surface area (Å²) in [6, 6.07) is 1.96. The molecule has 14 heteroatoms. The fourth-order valence-corrected chi connectivity index (χ4v) is 8.12. The first kappa shape index (κ1) is 36.8. The van der Waals surface area contributed by atoms with Crippen molar-refractivity contribution in [1.82, 2.24) is 25.2 Å². The number of cyclic esters (lactones) is 1. The number of hydrogen-bond acceptors (Lipinski definition) is 9. The zero-order valence-electron chi connectivity index (χ0n) is 28.9. The van der Waals surface area contributed by atoms with Crippen molar-refractivity contribution >= 4 is 33.8 Å². The Kier molecular flexibility index (Phi) is 11.4. The number of sulfonamides is 1. The maximum absolute atomic E-state index is 14.3. The molecule has 0 spiro atoms. The lowest BCUT2D eigenvalue weighted by molar-refractivity contribution is -0.143. The van der Waals surface area contributed by atoms with Crippen molar-refractivity contribution < 1.29 is 37.1 Å².